The molecule has 156 valence electrons. The van der Waals surface area contributed by atoms with Crippen molar-refractivity contribution in [2.75, 3.05) is 31.2 Å². The van der Waals surface area contributed by atoms with Crippen LogP contribution in [-0.2, 0) is 14.3 Å². The zero-order chi connectivity index (χ0) is 21.3. The summed E-state index contributed by atoms with van der Waals surface area (Å²) in [6.07, 6.45) is 0.0457. The maximum atomic E-state index is 13.5. The number of benzene rings is 2. The second-order valence-electron chi connectivity index (χ2n) is 7.41. The molecule has 0 unspecified atom stereocenters. The molecule has 30 heavy (non-hydrogen) atoms. The largest absolute Gasteiger partial charge is 0.491 e. The SMILES string of the molecule is CC(C)Oc1ccc(C2=C(N3CCOCC3)C(=O)N(c3ccccc3Cl)C2=O)cc1. The number of imide groups is 1. The number of nitrogens with zero attached hydrogens (tertiary/aromatic N) is 2. The molecule has 0 aromatic heterocycles. The van der Waals surface area contributed by atoms with E-state index < -0.39 is 0 Å². The van der Waals surface area contributed by atoms with Crippen LogP contribution in [0.5, 0.6) is 5.75 Å². The highest BCUT2D eigenvalue weighted by Crippen LogP contribution is 2.38. The molecule has 0 saturated carbocycles. The fraction of sp³-hybridized carbons (Fsp3) is 0.304. The molecular weight excluding hydrogens is 404 g/mol. The highest BCUT2D eigenvalue weighted by molar-refractivity contribution is 6.47. The Morgan fingerprint density at radius 3 is 2.27 bits per heavy atom. The van der Waals surface area contributed by atoms with Crippen molar-refractivity contribution in [2.24, 2.45) is 0 Å². The minimum atomic E-state index is -0.382. The molecule has 4 rings (SSSR count). The number of hydrogen-bond acceptors (Lipinski definition) is 5. The first-order valence-corrected chi connectivity index (χ1v) is 10.3. The lowest BCUT2D eigenvalue weighted by Crippen LogP contribution is -2.40. The summed E-state index contributed by atoms with van der Waals surface area (Å²) in [5.41, 5.74) is 1.81. The van der Waals surface area contributed by atoms with E-state index in [-0.39, 0.29) is 17.9 Å². The van der Waals surface area contributed by atoms with E-state index in [0.29, 0.717) is 59.6 Å². The lowest BCUT2D eigenvalue weighted by atomic mass is 10.0. The van der Waals surface area contributed by atoms with Gasteiger partial charge in [-0.25, -0.2) is 4.90 Å². The van der Waals surface area contributed by atoms with Gasteiger partial charge >= 0.3 is 0 Å². The second kappa shape index (κ2) is 8.50. The van der Waals surface area contributed by atoms with Gasteiger partial charge in [-0.15, -0.1) is 0 Å². The number of rotatable bonds is 5. The standard InChI is InChI=1S/C23H23ClN2O4/c1-15(2)30-17-9-7-16(8-10-17)20-21(25-11-13-29-14-12-25)23(28)26(22(20)27)19-6-4-3-5-18(19)24/h3-10,15H,11-14H2,1-2H3. The Hall–Kier alpha value is -2.83. The Morgan fingerprint density at radius 1 is 0.967 bits per heavy atom. The Balaban J connectivity index is 1.78. The predicted octanol–water partition coefficient (Wildman–Crippen LogP) is 3.74. The highest BCUT2D eigenvalue weighted by atomic mass is 35.5. The Morgan fingerprint density at radius 2 is 1.63 bits per heavy atom. The Labute approximate surface area is 180 Å². The molecule has 0 atom stereocenters. The summed E-state index contributed by atoms with van der Waals surface area (Å²) < 4.78 is 11.1. The average molecular weight is 427 g/mol. The Bertz CT molecular complexity index is 995. The molecule has 0 bridgehead atoms. The number of carbonyl (C=O) groups excluding carboxylic acids is 2. The smallest absolute Gasteiger partial charge is 0.282 e. The molecule has 2 aromatic carbocycles. The molecule has 2 amide bonds. The van der Waals surface area contributed by atoms with Crippen molar-refractivity contribution in [3.05, 3.63) is 64.8 Å². The van der Waals surface area contributed by atoms with Crippen LogP contribution in [0.25, 0.3) is 5.57 Å². The topological polar surface area (TPSA) is 59.1 Å². The van der Waals surface area contributed by atoms with E-state index in [4.69, 9.17) is 21.1 Å². The van der Waals surface area contributed by atoms with Crippen LogP contribution in [0, 0.1) is 0 Å². The van der Waals surface area contributed by atoms with Gasteiger partial charge in [-0.05, 0) is 43.7 Å². The third-order valence-electron chi connectivity index (χ3n) is 4.99. The summed E-state index contributed by atoms with van der Waals surface area (Å²) in [6, 6.07) is 14.1. The van der Waals surface area contributed by atoms with E-state index in [2.05, 4.69) is 0 Å². The van der Waals surface area contributed by atoms with Crippen molar-refractivity contribution in [2.45, 2.75) is 20.0 Å². The van der Waals surface area contributed by atoms with Crippen molar-refractivity contribution < 1.29 is 19.1 Å². The van der Waals surface area contributed by atoms with Crippen LogP contribution in [0.1, 0.15) is 19.4 Å². The number of halogens is 1. The lowest BCUT2D eigenvalue weighted by molar-refractivity contribution is -0.121. The minimum absolute atomic E-state index is 0.0457. The molecule has 2 aliphatic heterocycles. The molecule has 0 spiro atoms. The van der Waals surface area contributed by atoms with Crippen LogP contribution in [0.4, 0.5) is 5.69 Å². The van der Waals surface area contributed by atoms with E-state index in [9.17, 15) is 9.59 Å². The van der Waals surface area contributed by atoms with Gasteiger partial charge in [-0.1, -0.05) is 35.9 Å². The van der Waals surface area contributed by atoms with Crippen LogP contribution in [-0.4, -0.2) is 49.1 Å². The summed E-state index contributed by atoms with van der Waals surface area (Å²) in [4.78, 5) is 30.0. The van der Waals surface area contributed by atoms with E-state index in [1.165, 1.54) is 4.90 Å². The third-order valence-corrected chi connectivity index (χ3v) is 5.31. The van der Waals surface area contributed by atoms with Gasteiger partial charge in [0.05, 0.1) is 35.6 Å². The van der Waals surface area contributed by atoms with Gasteiger partial charge in [-0.3, -0.25) is 9.59 Å². The lowest BCUT2D eigenvalue weighted by Gasteiger charge is -2.29. The monoisotopic (exact) mass is 426 g/mol. The number of amides is 2. The molecule has 0 radical (unpaired) electrons. The zero-order valence-corrected chi connectivity index (χ0v) is 17.7. The van der Waals surface area contributed by atoms with E-state index in [1.54, 1.807) is 24.3 Å². The third kappa shape index (κ3) is 3.80. The van der Waals surface area contributed by atoms with Crippen molar-refractivity contribution >= 4 is 34.7 Å². The van der Waals surface area contributed by atoms with E-state index in [0.717, 1.165) is 0 Å². The van der Waals surface area contributed by atoms with Crippen molar-refractivity contribution in [3.8, 4) is 5.75 Å². The molecule has 2 aliphatic rings. The van der Waals surface area contributed by atoms with Gasteiger partial charge in [0.25, 0.3) is 11.8 Å². The first kappa shape index (κ1) is 20.4. The van der Waals surface area contributed by atoms with Gasteiger partial charge in [0, 0.05) is 13.1 Å². The summed E-state index contributed by atoms with van der Waals surface area (Å²) in [6.45, 7) is 6.00. The molecule has 2 heterocycles. The molecule has 2 aromatic rings. The van der Waals surface area contributed by atoms with Crippen LogP contribution in [0.3, 0.4) is 0 Å². The fourth-order valence-electron chi connectivity index (χ4n) is 3.68. The van der Waals surface area contributed by atoms with Crippen LogP contribution < -0.4 is 9.64 Å². The molecular formula is C23H23ClN2O4. The van der Waals surface area contributed by atoms with Gasteiger partial charge in [-0.2, -0.15) is 0 Å². The summed E-state index contributed by atoms with van der Waals surface area (Å²) >= 11 is 6.32. The van der Waals surface area contributed by atoms with Crippen LogP contribution in [0.2, 0.25) is 5.02 Å². The molecule has 1 fully saturated rings. The molecule has 6 nitrogen and oxygen atoms in total. The van der Waals surface area contributed by atoms with E-state index in [1.807, 2.05) is 43.0 Å². The summed E-state index contributed by atoms with van der Waals surface area (Å²) in [7, 11) is 0. The quantitative estimate of drug-likeness (QED) is 0.681. The van der Waals surface area contributed by atoms with Crippen molar-refractivity contribution in [1.82, 2.24) is 4.90 Å². The fourth-order valence-corrected chi connectivity index (χ4v) is 3.90. The predicted molar refractivity (Wildman–Crippen MR) is 115 cm³/mol. The second-order valence-corrected chi connectivity index (χ2v) is 7.82. The van der Waals surface area contributed by atoms with E-state index >= 15 is 0 Å². The molecule has 0 N–H and O–H groups in total. The number of anilines is 1. The highest BCUT2D eigenvalue weighted by Gasteiger charge is 2.43. The number of para-hydroxylation sites is 1. The van der Waals surface area contributed by atoms with Crippen molar-refractivity contribution in [3.63, 3.8) is 0 Å². The zero-order valence-electron chi connectivity index (χ0n) is 16.9. The maximum Gasteiger partial charge on any atom is 0.282 e. The van der Waals surface area contributed by atoms with Gasteiger partial charge in [0.15, 0.2) is 0 Å². The van der Waals surface area contributed by atoms with Crippen LogP contribution >= 0.6 is 11.6 Å². The number of carbonyl (C=O) groups is 2. The molecule has 1 saturated heterocycles. The van der Waals surface area contributed by atoms with Crippen molar-refractivity contribution in [1.29, 1.82) is 0 Å². The first-order valence-electron chi connectivity index (χ1n) is 9.94. The summed E-state index contributed by atoms with van der Waals surface area (Å²) in [5.74, 6) is -0.0402. The Kier molecular flexibility index (Phi) is 5.79. The van der Waals surface area contributed by atoms with Gasteiger partial charge < -0.3 is 14.4 Å². The number of ether oxygens (including phenoxy) is 2. The molecule has 7 heteroatoms. The minimum Gasteiger partial charge on any atom is -0.491 e. The normalized spacial score (nSPS) is 17.3. The summed E-state index contributed by atoms with van der Waals surface area (Å²) in [5, 5.41) is 0.349. The number of hydrogen-bond donors (Lipinski definition) is 0. The van der Waals surface area contributed by atoms with Crippen LogP contribution in [0.15, 0.2) is 54.2 Å². The number of morpholine rings is 1. The first-order chi connectivity index (χ1) is 14.5. The van der Waals surface area contributed by atoms with Gasteiger partial charge in [0.2, 0.25) is 0 Å². The average Bonchev–Trinajstić information content (AvgIpc) is 2.99. The molecule has 0 aliphatic carbocycles. The maximum absolute atomic E-state index is 13.5. The van der Waals surface area contributed by atoms with Gasteiger partial charge in [0.1, 0.15) is 11.4 Å².